The Kier molecular flexibility index (Phi) is 3.94. The number of rotatable bonds is 4. The molecule has 2 N–H and O–H groups in total. The van der Waals surface area contributed by atoms with Crippen molar-refractivity contribution in [2.24, 2.45) is 5.73 Å². The number of nitrogens with zero attached hydrogens (tertiary/aromatic N) is 1. The second-order valence-electron chi connectivity index (χ2n) is 4.40. The van der Waals surface area contributed by atoms with Gasteiger partial charge in [-0.3, -0.25) is 4.90 Å². The van der Waals surface area contributed by atoms with Crippen molar-refractivity contribution in [3.8, 4) is 0 Å². The van der Waals surface area contributed by atoms with Gasteiger partial charge in [-0.05, 0) is 19.8 Å². The van der Waals surface area contributed by atoms with Gasteiger partial charge >= 0.3 is 0 Å². The van der Waals surface area contributed by atoms with E-state index in [0.717, 1.165) is 19.5 Å². The van der Waals surface area contributed by atoms with Crippen LogP contribution in [-0.2, 0) is 0 Å². The van der Waals surface area contributed by atoms with Crippen LogP contribution in [0.2, 0.25) is 0 Å². The first-order valence-electron chi connectivity index (χ1n) is 5.30. The molecule has 0 aromatic carbocycles. The largest absolute Gasteiger partial charge is 0.324 e. The highest BCUT2D eigenvalue weighted by molar-refractivity contribution is 4.93. The van der Waals surface area contributed by atoms with Gasteiger partial charge in [0.2, 0.25) is 0 Å². The molecular formula is C11H22N2. The summed E-state index contributed by atoms with van der Waals surface area (Å²) in [4.78, 5) is 2.44. The van der Waals surface area contributed by atoms with Gasteiger partial charge in [-0.25, -0.2) is 0 Å². The molecule has 76 valence electrons. The quantitative estimate of drug-likeness (QED) is 0.671. The van der Waals surface area contributed by atoms with Crippen molar-refractivity contribution in [3.63, 3.8) is 0 Å². The molecule has 0 aromatic rings. The maximum atomic E-state index is 6.19. The Bertz CT molecular complexity index is 173. The average molecular weight is 182 g/mol. The molecule has 1 rings (SSSR count). The number of nitrogens with two attached hydrogens (primary N) is 1. The van der Waals surface area contributed by atoms with Crippen molar-refractivity contribution in [1.29, 1.82) is 0 Å². The third-order valence-corrected chi connectivity index (χ3v) is 2.55. The van der Waals surface area contributed by atoms with E-state index < -0.39 is 0 Å². The summed E-state index contributed by atoms with van der Waals surface area (Å²) in [5.41, 5.74) is 6.19. The van der Waals surface area contributed by atoms with E-state index in [4.69, 9.17) is 5.73 Å². The van der Waals surface area contributed by atoms with Crippen molar-refractivity contribution in [1.82, 2.24) is 4.90 Å². The van der Waals surface area contributed by atoms with Gasteiger partial charge < -0.3 is 5.73 Å². The minimum Gasteiger partial charge on any atom is -0.324 e. The smallest absolute Gasteiger partial charge is 0.0254 e. The molecule has 0 saturated heterocycles. The molecule has 1 atom stereocenters. The number of hydrogen-bond donors (Lipinski definition) is 1. The molecule has 0 aromatic heterocycles. The maximum Gasteiger partial charge on any atom is 0.0254 e. The molecule has 0 amide bonds. The van der Waals surface area contributed by atoms with E-state index in [1.165, 1.54) is 19.4 Å². The Hall–Kier alpha value is -0.340. The van der Waals surface area contributed by atoms with E-state index in [-0.39, 0.29) is 5.54 Å². The van der Waals surface area contributed by atoms with Gasteiger partial charge in [0.25, 0.3) is 0 Å². The summed E-state index contributed by atoms with van der Waals surface area (Å²) in [7, 11) is 0. The molecule has 0 fully saturated rings. The first-order valence-corrected chi connectivity index (χ1v) is 5.30. The summed E-state index contributed by atoms with van der Waals surface area (Å²) in [5, 5.41) is 0. The second-order valence-corrected chi connectivity index (χ2v) is 4.40. The zero-order chi connectivity index (χ0) is 9.73. The summed E-state index contributed by atoms with van der Waals surface area (Å²) < 4.78 is 0. The lowest BCUT2D eigenvalue weighted by Crippen LogP contribution is -2.48. The van der Waals surface area contributed by atoms with Crippen LogP contribution in [0.4, 0.5) is 0 Å². The monoisotopic (exact) mass is 182 g/mol. The highest BCUT2D eigenvalue weighted by Gasteiger charge is 2.21. The average Bonchev–Trinajstić information content (AvgIpc) is 2.04. The Morgan fingerprint density at radius 3 is 2.77 bits per heavy atom. The molecule has 1 aliphatic heterocycles. The molecule has 0 aliphatic carbocycles. The normalized spacial score (nSPS) is 23.0. The Balaban J connectivity index is 2.33. The lowest BCUT2D eigenvalue weighted by Gasteiger charge is -2.33. The van der Waals surface area contributed by atoms with E-state index in [9.17, 15) is 0 Å². The van der Waals surface area contributed by atoms with Crippen LogP contribution >= 0.6 is 0 Å². The van der Waals surface area contributed by atoms with Crippen LogP contribution in [0.5, 0.6) is 0 Å². The zero-order valence-electron chi connectivity index (χ0n) is 8.92. The summed E-state index contributed by atoms with van der Waals surface area (Å²) in [5.74, 6) is 0. The maximum absolute atomic E-state index is 6.19. The molecule has 13 heavy (non-hydrogen) atoms. The second kappa shape index (κ2) is 4.77. The molecule has 0 spiro atoms. The molecule has 2 nitrogen and oxygen atoms in total. The van der Waals surface area contributed by atoms with Crippen molar-refractivity contribution >= 4 is 0 Å². The SMILES string of the molecule is CCCC(C)(N)CN1CC=CCC1. The van der Waals surface area contributed by atoms with E-state index in [0.29, 0.717) is 0 Å². The third kappa shape index (κ3) is 3.92. The fourth-order valence-corrected chi connectivity index (χ4v) is 1.99. The molecule has 0 radical (unpaired) electrons. The van der Waals surface area contributed by atoms with Crippen LogP contribution in [0.3, 0.4) is 0 Å². The van der Waals surface area contributed by atoms with E-state index in [2.05, 4.69) is 30.9 Å². The van der Waals surface area contributed by atoms with Crippen LogP contribution < -0.4 is 5.73 Å². The predicted octanol–water partition coefficient (Wildman–Crippen LogP) is 1.77. The fourth-order valence-electron chi connectivity index (χ4n) is 1.99. The van der Waals surface area contributed by atoms with Gasteiger partial charge in [0.05, 0.1) is 0 Å². The van der Waals surface area contributed by atoms with Gasteiger partial charge in [-0.2, -0.15) is 0 Å². The van der Waals surface area contributed by atoms with Gasteiger partial charge in [0.15, 0.2) is 0 Å². The molecule has 0 bridgehead atoms. The van der Waals surface area contributed by atoms with Crippen molar-refractivity contribution in [3.05, 3.63) is 12.2 Å². The Morgan fingerprint density at radius 1 is 1.46 bits per heavy atom. The van der Waals surface area contributed by atoms with E-state index >= 15 is 0 Å². The summed E-state index contributed by atoms with van der Waals surface area (Å²) in [6, 6.07) is 0. The first-order chi connectivity index (χ1) is 6.14. The van der Waals surface area contributed by atoms with Crippen LogP contribution in [0.25, 0.3) is 0 Å². The topological polar surface area (TPSA) is 29.3 Å². The highest BCUT2D eigenvalue weighted by atomic mass is 15.1. The predicted molar refractivity (Wildman–Crippen MR) is 57.7 cm³/mol. The van der Waals surface area contributed by atoms with Gasteiger partial charge in [0, 0.05) is 25.2 Å². The van der Waals surface area contributed by atoms with Gasteiger partial charge in [-0.1, -0.05) is 25.5 Å². The van der Waals surface area contributed by atoms with Gasteiger partial charge in [-0.15, -0.1) is 0 Å². The molecule has 1 heterocycles. The van der Waals surface area contributed by atoms with E-state index in [1.807, 2.05) is 0 Å². The van der Waals surface area contributed by atoms with Crippen molar-refractivity contribution in [2.45, 2.75) is 38.6 Å². The summed E-state index contributed by atoms with van der Waals surface area (Å²) in [6.45, 7) is 7.64. The Labute approximate surface area is 81.8 Å². The fraction of sp³-hybridized carbons (Fsp3) is 0.818. The Morgan fingerprint density at radius 2 is 2.23 bits per heavy atom. The number of hydrogen-bond acceptors (Lipinski definition) is 2. The van der Waals surface area contributed by atoms with Crippen molar-refractivity contribution < 1.29 is 0 Å². The van der Waals surface area contributed by atoms with Crippen LogP contribution in [0, 0.1) is 0 Å². The zero-order valence-corrected chi connectivity index (χ0v) is 8.92. The standard InChI is InChI=1S/C11H22N2/c1-3-7-11(2,12)10-13-8-5-4-6-9-13/h4-5H,3,6-10,12H2,1-2H3. The minimum atomic E-state index is -0.0000694. The third-order valence-electron chi connectivity index (χ3n) is 2.55. The molecule has 1 unspecified atom stereocenters. The first kappa shape index (κ1) is 10.7. The van der Waals surface area contributed by atoms with Crippen LogP contribution in [0.15, 0.2) is 12.2 Å². The molecule has 2 heteroatoms. The minimum absolute atomic E-state index is 0.0000694. The lowest BCUT2D eigenvalue weighted by atomic mass is 9.96. The van der Waals surface area contributed by atoms with Crippen LogP contribution in [0.1, 0.15) is 33.1 Å². The van der Waals surface area contributed by atoms with Crippen LogP contribution in [-0.4, -0.2) is 30.1 Å². The molecular weight excluding hydrogens is 160 g/mol. The summed E-state index contributed by atoms with van der Waals surface area (Å²) >= 11 is 0. The lowest BCUT2D eigenvalue weighted by molar-refractivity contribution is 0.224. The van der Waals surface area contributed by atoms with Crippen molar-refractivity contribution in [2.75, 3.05) is 19.6 Å². The highest BCUT2D eigenvalue weighted by Crippen LogP contribution is 2.12. The van der Waals surface area contributed by atoms with Gasteiger partial charge in [0.1, 0.15) is 0 Å². The summed E-state index contributed by atoms with van der Waals surface area (Å²) in [6.07, 6.45) is 7.97. The molecule has 0 saturated carbocycles. The van der Waals surface area contributed by atoms with E-state index in [1.54, 1.807) is 0 Å². The molecule has 1 aliphatic rings.